The number of benzene rings is 3. The Kier molecular flexibility index (Phi) is 5.67. The monoisotopic (exact) mass is 382 g/mol. The highest BCUT2D eigenvalue weighted by Crippen LogP contribution is 2.27. The molecule has 1 N–H and O–H groups in total. The van der Waals surface area contributed by atoms with Crippen LogP contribution >= 0.6 is 0 Å². The van der Waals surface area contributed by atoms with Gasteiger partial charge in [0, 0.05) is 30.2 Å². The molecule has 0 radical (unpaired) electrons. The summed E-state index contributed by atoms with van der Waals surface area (Å²) in [6.07, 6.45) is 1.77. The van der Waals surface area contributed by atoms with E-state index in [-0.39, 0.29) is 0 Å². The normalized spacial score (nSPS) is 10.4. The summed E-state index contributed by atoms with van der Waals surface area (Å²) in [6.45, 7) is 0.709. The molecule has 4 rings (SSSR count). The Bertz CT molecular complexity index is 1050. The van der Waals surface area contributed by atoms with Gasteiger partial charge < -0.3 is 15.0 Å². The van der Waals surface area contributed by atoms with Crippen LogP contribution in [0.1, 0.15) is 5.56 Å². The Morgan fingerprint density at radius 2 is 1.62 bits per heavy atom. The molecule has 1 aromatic heterocycles. The van der Waals surface area contributed by atoms with Gasteiger partial charge in [0.05, 0.1) is 7.11 Å². The van der Waals surface area contributed by atoms with Crippen molar-refractivity contribution in [2.45, 2.75) is 6.54 Å². The molecule has 0 aliphatic rings. The largest absolute Gasteiger partial charge is 0.497 e. The van der Waals surface area contributed by atoms with Crippen molar-refractivity contribution in [1.29, 1.82) is 0 Å². The molecule has 0 aliphatic heterocycles. The van der Waals surface area contributed by atoms with Gasteiger partial charge in [0.2, 0.25) is 5.95 Å². The molecule has 29 heavy (non-hydrogen) atoms. The van der Waals surface area contributed by atoms with Gasteiger partial charge in [-0.25, -0.2) is 4.98 Å². The number of methoxy groups -OCH3 is 1. The Morgan fingerprint density at radius 1 is 0.862 bits per heavy atom. The van der Waals surface area contributed by atoms with Crippen molar-refractivity contribution in [3.05, 3.63) is 103 Å². The number of ether oxygens (including phenoxy) is 1. The maximum absolute atomic E-state index is 5.29. The summed E-state index contributed by atoms with van der Waals surface area (Å²) < 4.78 is 5.29. The van der Waals surface area contributed by atoms with E-state index in [1.54, 1.807) is 13.3 Å². The number of anilines is 4. The van der Waals surface area contributed by atoms with E-state index in [1.165, 1.54) is 5.56 Å². The van der Waals surface area contributed by atoms with E-state index in [2.05, 4.69) is 39.5 Å². The van der Waals surface area contributed by atoms with Gasteiger partial charge in [0.1, 0.15) is 11.6 Å². The second-order valence-corrected chi connectivity index (χ2v) is 6.50. The molecule has 4 aromatic rings. The highest BCUT2D eigenvalue weighted by atomic mass is 16.5. The van der Waals surface area contributed by atoms with Crippen LogP contribution in [0.25, 0.3) is 0 Å². The van der Waals surface area contributed by atoms with Crippen LogP contribution in [0.3, 0.4) is 0 Å². The van der Waals surface area contributed by atoms with E-state index in [0.717, 1.165) is 22.9 Å². The molecule has 0 saturated carbocycles. The van der Waals surface area contributed by atoms with Gasteiger partial charge in [-0.1, -0.05) is 54.6 Å². The van der Waals surface area contributed by atoms with Crippen LogP contribution in [-0.2, 0) is 6.54 Å². The fraction of sp³-hybridized carbons (Fsp3) is 0.0833. The molecule has 0 atom stereocenters. The summed E-state index contributed by atoms with van der Waals surface area (Å²) in [4.78, 5) is 11.3. The minimum Gasteiger partial charge on any atom is -0.497 e. The van der Waals surface area contributed by atoms with E-state index in [4.69, 9.17) is 9.72 Å². The summed E-state index contributed by atoms with van der Waals surface area (Å²) in [6, 6.07) is 30.2. The topological polar surface area (TPSA) is 50.3 Å². The average molecular weight is 382 g/mol. The van der Waals surface area contributed by atoms with Crippen molar-refractivity contribution in [3.63, 3.8) is 0 Å². The predicted molar refractivity (Wildman–Crippen MR) is 117 cm³/mol. The highest BCUT2D eigenvalue weighted by molar-refractivity contribution is 5.62. The first-order valence-electron chi connectivity index (χ1n) is 9.42. The Morgan fingerprint density at radius 3 is 2.38 bits per heavy atom. The molecule has 0 fully saturated rings. The maximum Gasteiger partial charge on any atom is 0.229 e. The molecule has 3 aromatic carbocycles. The summed E-state index contributed by atoms with van der Waals surface area (Å²) >= 11 is 0. The molecule has 0 amide bonds. The van der Waals surface area contributed by atoms with Gasteiger partial charge in [0.25, 0.3) is 0 Å². The van der Waals surface area contributed by atoms with Gasteiger partial charge in [-0.3, -0.25) is 0 Å². The van der Waals surface area contributed by atoms with Crippen LogP contribution in [-0.4, -0.2) is 17.1 Å². The molecule has 1 heterocycles. The van der Waals surface area contributed by atoms with Gasteiger partial charge in [-0.05, 0) is 35.9 Å². The second kappa shape index (κ2) is 8.89. The number of hydrogen-bond acceptors (Lipinski definition) is 5. The fourth-order valence-corrected chi connectivity index (χ4v) is 3.07. The lowest BCUT2D eigenvalue weighted by Gasteiger charge is -2.24. The molecular formula is C24H22N4O. The standard InChI is InChI=1S/C24H22N4O/c1-29-22-14-8-11-20(17-22)26-24-25-16-15-23(27-24)28(21-12-6-3-7-13-21)18-19-9-4-2-5-10-19/h2-17H,18H2,1H3,(H,25,26,27). The number of hydrogen-bond donors (Lipinski definition) is 1. The Labute approximate surface area is 170 Å². The predicted octanol–water partition coefficient (Wildman–Crippen LogP) is 5.57. The van der Waals surface area contributed by atoms with Gasteiger partial charge in [-0.2, -0.15) is 4.98 Å². The molecule has 5 heteroatoms. The smallest absolute Gasteiger partial charge is 0.229 e. The lowest BCUT2D eigenvalue weighted by atomic mass is 10.2. The average Bonchev–Trinajstić information content (AvgIpc) is 2.79. The van der Waals surface area contributed by atoms with E-state index in [1.807, 2.05) is 66.7 Å². The van der Waals surface area contributed by atoms with Gasteiger partial charge in [-0.15, -0.1) is 0 Å². The van der Waals surface area contributed by atoms with Crippen LogP contribution in [0, 0.1) is 0 Å². The zero-order chi connectivity index (χ0) is 19.9. The maximum atomic E-state index is 5.29. The molecule has 0 aliphatic carbocycles. The van der Waals surface area contributed by atoms with Crippen molar-refractivity contribution in [1.82, 2.24) is 9.97 Å². The Hall–Kier alpha value is -3.86. The number of rotatable bonds is 7. The van der Waals surface area contributed by atoms with Crippen LogP contribution in [0.5, 0.6) is 5.75 Å². The first-order chi connectivity index (χ1) is 14.3. The summed E-state index contributed by atoms with van der Waals surface area (Å²) in [7, 11) is 1.65. The summed E-state index contributed by atoms with van der Waals surface area (Å²) in [5.74, 6) is 2.13. The molecule has 5 nitrogen and oxygen atoms in total. The van der Waals surface area contributed by atoms with Crippen molar-refractivity contribution in [2.75, 3.05) is 17.3 Å². The van der Waals surface area contributed by atoms with E-state index in [0.29, 0.717) is 12.5 Å². The third-order valence-corrected chi connectivity index (χ3v) is 4.49. The summed E-state index contributed by atoms with van der Waals surface area (Å²) in [5.41, 5.74) is 3.15. The van der Waals surface area contributed by atoms with Crippen LogP contribution in [0.4, 0.5) is 23.1 Å². The quantitative estimate of drug-likeness (QED) is 0.453. The van der Waals surface area contributed by atoms with Crippen molar-refractivity contribution >= 4 is 23.1 Å². The molecule has 0 unspecified atom stereocenters. The zero-order valence-electron chi connectivity index (χ0n) is 16.2. The molecular weight excluding hydrogens is 360 g/mol. The molecule has 144 valence electrons. The zero-order valence-corrected chi connectivity index (χ0v) is 16.2. The fourth-order valence-electron chi connectivity index (χ4n) is 3.07. The van der Waals surface area contributed by atoms with Crippen molar-refractivity contribution < 1.29 is 4.74 Å². The first-order valence-corrected chi connectivity index (χ1v) is 9.42. The summed E-state index contributed by atoms with van der Waals surface area (Å²) in [5, 5.41) is 3.26. The van der Waals surface area contributed by atoms with Crippen LogP contribution in [0.15, 0.2) is 97.2 Å². The second-order valence-electron chi connectivity index (χ2n) is 6.50. The number of nitrogens with one attached hydrogen (secondary N) is 1. The molecule has 0 saturated heterocycles. The minimum absolute atomic E-state index is 0.532. The molecule has 0 bridgehead atoms. The van der Waals surface area contributed by atoms with E-state index >= 15 is 0 Å². The van der Waals surface area contributed by atoms with Crippen LogP contribution in [0.2, 0.25) is 0 Å². The number of nitrogens with zero attached hydrogens (tertiary/aromatic N) is 3. The van der Waals surface area contributed by atoms with E-state index in [9.17, 15) is 0 Å². The van der Waals surface area contributed by atoms with Crippen molar-refractivity contribution in [3.8, 4) is 5.75 Å². The SMILES string of the molecule is COc1cccc(Nc2nccc(N(Cc3ccccc3)c3ccccc3)n2)c1. The number of aromatic nitrogens is 2. The third kappa shape index (κ3) is 4.71. The first kappa shape index (κ1) is 18.5. The molecule has 0 spiro atoms. The minimum atomic E-state index is 0.532. The lowest BCUT2D eigenvalue weighted by Crippen LogP contribution is -2.18. The van der Waals surface area contributed by atoms with Gasteiger partial charge >= 0.3 is 0 Å². The number of para-hydroxylation sites is 1. The van der Waals surface area contributed by atoms with Gasteiger partial charge in [0.15, 0.2) is 0 Å². The highest BCUT2D eigenvalue weighted by Gasteiger charge is 2.13. The lowest BCUT2D eigenvalue weighted by molar-refractivity contribution is 0.415. The van der Waals surface area contributed by atoms with Crippen molar-refractivity contribution in [2.24, 2.45) is 0 Å². The third-order valence-electron chi connectivity index (χ3n) is 4.49. The van der Waals surface area contributed by atoms with E-state index < -0.39 is 0 Å². The Balaban J connectivity index is 1.65. The van der Waals surface area contributed by atoms with Crippen LogP contribution < -0.4 is 15.0 Å².